The summed E-state index contributed by atoms with van der Waals surface area (Å²) in [5, 5.41) is 12.2. The molecule has 2 aromatic rings. The van der Waals surface area contributed by atoms with E-state index >= 15 is 0 Å². The maximum atomic E-state index is 11.2. The number of likely N-dealkylation sites (tertiary alicyclic amines) is 1. The molecule has 1 aliphatic heterocycles. The Kier molecular flexibility index (Phi) is 6.63. The van der Waals surface area contributed by atoms with Gasteiger partial charge >= 0.3 is 5.97 Å². The van der Waals surface area contributed by atoms with Gasteiger partial charge in [0.2, 0.25) is 0 Å². The lowest BCUT2D eigenvalue weighted by Crippen LogP contribution is -2.20. The van der Waals surface area contributed by atoms with Gasteiger partial charge < -0.3 is 15.3 Å². The maximum absolute atomic E-state index is 11.2. The topological polar surface area (TPSA) is 52.6 Å². The Morgan fingerprint density at radius 1 is 1.00 bits per heavy atom. The van der Waals surface area contributed by atoms with Crippen LogP contribution in [-0.4, -0.2) is 36.1 Å². The molecule has 1 unspecified atom stereocenters. The van der Waals surface area contributed by atoms with Crippen LogP contribution in [0.1, 0.15) is 24.4 Å². The third-order valence-electron chi connectivity index (χ3n) is 3.79. The molecule has 1 atom stereocenters. The highest BCUT2D eigenvalue weighted by Crippen LogP contribution is 2.19. The van der Waals surface area contributed by atoms with E-state index in [9.17, 15) is 9.90 Å². The van der Waals surface area contributed by atoms with Gasteiger partial charge in [0.05, 0.1) is 0 Å². The van der Waals surface area contributed by atoms with E-state index < -0.39 is 12.0 Å². The van der Waals surface area contributed by atoms with E-state index in [0.29, 0.717) is 0 Å². The molecular formula is C19H24N2O2. The SMILES string of the molecule is CN1CCCC1.O=C(O)C(Nc1ccccc1)c1ccccc1. The Balaban J connectivity index is 0.000000268. The van der Waals surface area contributed by atoms with Crippen LogP contribution in [0.5, 0.6) is 0 Å². The molecule has 23 heavy (non-hydrogen) atoms. The fraction of sp³-hybridized carbons (Fsp3) is 0.316. The summed E-state index contributed by atoms with van der Waals surface area (Å²) in [6.45, 7) is 2.64. The molecule has 0 aromatic heterocycles. The van der Waals surface area contributed by atoms with E-state index in [1.54, 1.807) is 12.1 Å². The number of rotatable bonds is 4. The molecule has 2 N–H and O–H groups in total. The molecule has 0 bridgehead atoms. The highest BCUT2D eigenvalue weighted by atomic mass is 16.4. The molecule has 3 rings (SSSR count). The van der Waals surface area contributed by atoms with Crippen molar-refractivity contribution in [3.63, 3.8) is 0 Å². The number of anilines is 1. The number of aliphatic carboxylic acids is 1. The molecule has 0 amide bonds. The van der Waals surface area contributed by atoms with E-state index in [-0.39, 0.29) is 0 Å². The fourth-order valence-electron chi connectivity index (χ4n) is 2.51. The number of nitrogens with one attached hydrogen (secondary N) is 1. The van der Waals surface area contributed by atoms with Crippen molar-refractivity contribution >= 4 is 11.7 Å². The monoisotopic (exact) mass is 312 g/mol. The van der Waals surface area contributed by atoms with Gasteiger partial charge in [-0.05, 0) is 50.7 Å². The van der Waals surface area contributed by atoms with Crippen LogP contribution in [0, 0.1) is 0 Å². The Hall–Kier alpha value is -2.33. The lowest BCUT2D eigenvalue weighted by Gasteiger charge is -2.15. The Morgan fingerprint density at radius 3 is 1.96 bits per heavy atom. The number of carboxylic acids is 1. The Bertz CT molecular complexity index is 581. The van der Waals surface area contributed by atoms with Crippen molar-refractivity contribution in [2.24, 2.45) is 0 Å². The summed E-state index contributed by atoms with van der Waals surface area (Å²) in [5.74, 6) is -0.889. The molecular weight excluding hydrogens is 288 g/mol. The first-order chi connectivity index (χ1) is 11.2. The standard InChI is InChI=1S/C14H13NO2.C5H11N/c16-14(17)13(11-7-3-1-4-8-11)15-12-9-5-2-6-10-12;1-6-4-2-3-5-6/h1-10,13,15H,(H,16,17);2-5H2,1H3. The maximum Gasteiger partial charge on any atom is 0.330 e. The zero-order chi connectivity index (χ0) is 16.5. The second kappa shape index (κ2) is 8.96. The average Bonchev–Trinajstić information content (AvgIpc) is 3.06. The van der Waals surface area contributed by atoms with Crippen LogP contribution in [0.15, 0.2) is 60.7 Å². The molecule has 122 valence electrons. The molecule has 4 heteroatoms. The van der Waals surface area contributed by atoms with Crippen LogP contribution in [-0.2, 0) is 4.79 Å². The molecule has 1 fully saturated rings. The lowest BCUT2D eigenvalue weighted by atomic mass is 10.1. The third-order valence-corrected chi connectivity index (χ3v) is 3.79. The second-order valence-corrected chi connectivity index (χ2v) is 5.70. The number of para-hydroxylation sites is 1. The summed E-state index contributed by atoms with van der Waals surface area (Å²) in [6, 6.07) is 17.7. The molecule has 1 saturated heterocycles. The first-order valence-corrected chi connectivity index (χ1v) is 7.94. The number of nitrogens with zero attached hydrogens (tertiary/aromatic N) is 1. The van der Waals surface area contributed by atoms with E-state index in [1.807, 2.05) is 48.5 Å². The molecule has 0 spiro atoms. The smallest absolute Gasteiger partial charge is 0.330 e. The molecule has 2 aromatic carbocycles. The van der Waals surface area contributed by atoms with E-state index in [2.05, 4.69) is 17.3 Å². The highest BCUT2D eigenvalue weighted by molar-refractivity contribution is 5.79. The zero-order valence-corrected chi connectivity index (χ0v) is 13.5. The lowest BCUT2D eigenvalue weighted by molar-refractivity contribution is -0.138. The number of hydrogen-bond acceptors (Lipinski definition) is 3. The van der Waals surface area contributed by atoms with Gasteiger partial charge in [-0.15, -0.1) is 0 Å². The van der Waals surface area contributed by atoms with Gasteiger partial charge in [-0.3, -0.25) is 0 Å². The van der Waals surface area contributed by atoms with Gasteiger partial charge in [0.1, 0.15) is 0 Å². The van der Waals surface area contributed by atoms with Crippen molar-refractivity contribution in [3.05, 3.63) is 66.2 Å². The fourth-order valence-corrected chi connectivity index (χ4v) is 2.51. The van der Waals surface area contributed by atoms with Gasteiger partial charge in [0.15, 0.2) is 6.04 Å². The summed E-state index contributed by atoms with van der Waals surface area (Å²) in [4.78, 5) is 13.6. The summed E-state index contributed by atoms with van der Waals surface area (Å²) in [7, 11) is 2.17. The van der Waals surface area contributed by atoms with Crippen molar-refractivity contribution in [3.8, 4) is 0 Å². The van der Waals surface area contributed by atoms with Crippen LogP contribution >= 0.6 is 0 Å². The van der Waals surface area contributed by atoms with Crippen molar-refractivity contribution in [2.45, 2.75) is 18.9 Å². The number of carboxylic acid groups (broad SMARTS) is 1. The first kappa shape index (κ1) is 17.0. The molecule has 0 aliphatic carbocycles. The van der Waals surface area contributed by atoms with Gasteiger partial charge in [-0.25, -0.2) is 4.79 Å². The summed E-state index contributed by atoms with van der Waals surface area (Å²) in [5.41, 5.74) is 1.53. The summed E-state index contributed by atoms with van der Waals surface area (Å²) < 4.78 is 0. The predicted molar refractivity (Wildman–Crippen MR) is 93.6 cm³/mol. The van der Waals surface area contributed by atoms with Crippen LogP contribution in [0.2, 0.25) is 0 Å². The number of benzene rings is 2. The van der Waals surface area contributed by atoms with Crippen LogP contribution in [0.3, 0.4) is 0 Å². The van der Waals surface area contributed by atoms with Crippen molar-refractivity contribution in [1.29, 1.82) is 0 Å². The van der Waals surface area contributed by atoms with Gasteiger partial charge in [0, 0.05) is 5.69 Å². The molecule has 0 saturated carbocycles. The van der Waals surface area contributed by atoms with Gasteiger partial charge in [0.25, 0.3) is 0 Å². The third kappa shape index (κ3) is 5.75. The van der Waals surface area contributed by atoms with Crippen LogP contribution in [0.25, 0.3) is 0 Å². The quantitative estimate of drug-likeness (QED) is 0.905. The zero-order valence-electron chi connectivity index (χ0n) is 13.5. The average molecular weight is 312 g/mol. The second-order valence-electron chi connectivity index (χ2n) is 5.70. The number of carbonyl (C=O) groups is 1. The number of hydrogen-bond donors (Lipinski definition) is 2. The normalized spacial score (nSPS) is 15.3. The van der Waals surface area contributed by atoms with E-state index in [1.165, 1.54) is 25.9 Å². The minimum absolute atomic E-state index is 0.724. The van der Waals surface area contributed by atoms with Gasteiger partial charge in [-0.2, -0.15) is 0 Å². The van der Waals surface area contributed by atoms with E-state index in [4.69, 9.17) is 0 Å². The Labute approximate surface area is 137 Å². The predicted octanol–water partition coefficient (Wildman–Crippen LogP) is 3.64. The molecule has 0 radical (unpaired) electrons. The van der Waals surface area contributed by atoms with Crippen molar-refractivity contribution in [1.82, 2.24) is 4.90 Å². The first-order valence-electron chi connectivity index (χ1n) is 7.94. The minimum atomic E-state index is -0.889. The molecule has 1 heterocycles. The summed E-state index contributed by atoms with van der Waals surface area (Å²) in [6.07, 6.45) is 2.83. The minimum Gasteiger partial charge on any atom is -0.479 e. The largest absolute Gasteiger partial charge is 0.479 e. The van der Waals surface area contributed by atoms with Crippen molar-refractivity contribution < 1.29 is 9.90 Å². The molecule has 1 aliphatic rings. The van der Waals surface area contributed by atoms with E-state index in [0.717, 1.165) is 11.3 Å². The van der Waals surface area contributed by atoms with Crippen LogP contribution in [0.4, 0.5) is 5.69 Å². The highest BCUT2D eigenvalue weighted by Gasteiger charge is 2.18. The molecule has 4 nitrogen and oxygen atoms in total. The van der Waals surface area contributed by atoms with Crippen molar-refractivity contribution in [2.75, 3.05) is 25.5 Å². The van der Waals surface area contributed by atoms with Crippen LogP contribution < -0.4 is 5.32 Å². The summed E-state index contributed by atoms with van der Waals surface area (Å²) >= 11 is 0. The Morgan fingerprint density at radius 2 is 1.52 bits per heavy atom. The van der Waals surface area contributed by atoms with Gasteiger partial charge in [-0.1, -0.05) is 48.5 Å².